The number of hydrogen-bond acceptors (Lipinski definition) is 9. The third-order valence-electron chi connectivity index (χ3n) is 6.35. The van der Waals surface area contributed by atoms with Gasteiger partial charge in [-0.05, 0) is 69.2 Å². The number of halogens is 1. The fourth-order valence-electron chi connectivity index (χ4n) is 4.39. The first-order valence-corrected chi connectivity index (χ1v) is 14.1. The third-order valence-corrected chi connectivity index (χ3v) is 7.49. The molecule has 1 atom stereocenters. The lowest BCUT2D eigenvalue weighted by Gasteiger charge is -2.24. The van der Waals surface area contributed by atoms with Crippen molar-refractivity contribution >= 4 is 39.9 Å². The number of carbonyl (C=O) groups is 3. The highest BCUT2D eigenvalue weighted by Gasteiger charge is 2.48. The van der Waals surface area contributed by atoms with Crippen LogP contribution in [0.15, 0.2) is 48.0 Å². The molecule has 1 unspecified atom stereocenters. The molecule has 1 saturated heterocycles. The number of Topliss-reactive ketones (excluding diaryl/α,β-unsaturated/α-hetero) is 1. The standard InChI is InChI=1S/C30H31FN2O7S/c1-5-8-15-40-21-14-11-19(16-22(21)38-6-2)24-23(25(34)18-9-12-20(31)13-10-18)26(35)28(36)33(24)30-32-17(4)27(41-30)29(37)39-7-3/h9-14,16,24,34H,5-8,15H2,1-4H3. The zero-order valence-electron chi connectivity index (χ0n) is 23.2. The molecule has 4 rings (SSSR count). The van der Waals surface area contributed by atoms with E-state index in [1.165, 1.54) is 12.1 Å². The van der Waals surface area contributed by atoms with Crippen molar-refractivity contribution in [2.45, 2.75) is 46.6 Å². The first-order chi connectivity index (χ1) is 19.7. The van der Waals surface area contributed by atoms with Crippen molar-refractivity contribution in [1.82, 2.24) is 4.98 Å². The van der Waals surface area contributed by atoms with E-state index >= 15 is 0 Å². The molecule has 1 aliphatic rings. The van der Waals surface area contributed by atoms with Gasteiger partial charge in [-0.3, -0.25) is 14.5 Å². The Morgan fingerprint density at radius 2 is 1.78 bits per heavy atom. The topological polar surface area (TPSA) is 115 Å². The zero-order chi connectivity index (χ0) is 29.7. The van der Waals surface area contributed by atoms with E-state index in [-0.39, 0.29) is 27.8 Å². The summed E-state index contributed by atoms with van der Waals surface area (Å²) in [4.78, 5) is 45.3. The van der Waals surface area contributed by atoms with E-state index in [9.17, 15) is 23.9 Å². The lowest BCUT2D eigenvalue weighted by molar-refractivity contribution is -0.132. The van der Waals surface area contributed by atoms with Gasteiger partial charge in [-0.2, -0.15) is 0 Å². The Morgan fingerprint density at radius 1 is 1.05 bits per heavy atom. The van der Waals surface area contributed by atoms with Gasteiger partial charge in [0.05, 0.1) is 37.1 Å². The Bertz CT molecular complexity index is 1480. The Labute approximate surface area is 241 Å². The number of aliphatic hydroxyl groups is 1. The van der Waals surface area contributed by atoms with Gasteiger partial charge in [0.25, 0.3) is 5.78 Å². The molecular formula is C30H31FN2O7S. The van der Waals surface area contributed by atoms with E-state index in [1.807, 2.05) is 13.8 Å². The summed E-state index contributed by atoms with van der Waals surface area (Å²) in [6.07, 6.45) is 1.79. The number of rotatable bonds is 11. The number of aliphatic hydroxyl groups excluding tert-OH is 1. The second kappa shape index (κ2) is 12.9. The number of anilines is 1. The number of esters is 1. The van der Waals surface area contributed by atoms with Gasteiger partial charge in [-0.1, -0.05) is 30.7 Å². The lowest BCUT2D eigenvalue weighted by Crippen LogP contribution is -2.29. The Morgan fingerprint density at radius 3 is 2.44 bits per heavy atom. The first-order valence-electron chi connectivity index (χ1n) is 13.3. The molecule has 1 aromatic heterocycles. The summed E-state index contributed by atoms with van der Waals surface area (Å²) in [6, 6.07) is 8.80. The van der Waals surface area contributed by atoms with Crippen LogP contribution in [0, 0.1) is 12.7 Å². The summed E-state index contributed by atoms with van der Waals surface area (Å²) in [6.45, 7) is 8.11. The second-order valence-corrected chi connectivity index (χ2v) is 10.1. The highest BCUT2D eigenvalue weighted by Crippen LogP contribution is 2.45. The quantitative estimate of drug-likeness (QED) is 0.0967. The van der Waals surface area contributed by atoms with Gasteiger partial charge in [0, 0.05) is 5.56 Å². The Kier molecular flexibility index (Phi) is 9.38. The van der Waals surface area contributed by atoms with Crippen molar-refractivity contribution in [1.29, 1.82) is 0 Å². The van der Waals surface area contributed by atoms with Gasteiger partial charge >= 0.3 is 11.9 Å². The van der Waals surface area contributed by atoms with Crippen LogP contribution in [0.5, 0.6) is 11.5 Å². The summed E-state index contributed by atoms with van der Waals surface area (Å²) in [5.41, 5.74) is 0.706. The number of aromatic nitrogens is 1. The summed E-state index contributed by atoms with van der Waals surface area (Å²) < 4.78 is 30.5. The maximum Gasteiger partial charge on any atom is 0.350 e. The molecule has 0 saturated carbocycles. The highest BCUT2D eigenvalue weighted by molar-refractivity contribution is 7.17. The van der Waals surface area contributed by atoms with Crippen LogP contribution >= 0.6 is 11.3 Å². The molecule has 41 heavy (non-hydrogen) atoms. The van der Waals surface area contributed by atoms with Crippen LogP contribution < -0.4 is 14.4 Å². The molecule has 1 aliphatic heterocycles. The van der Waals surface area contributed by atoms with Gasteiger partial charge in [0.2, 0.25) is 0 Å². The molecule has 0 radical (unpaired) electrons. The van der Waals surface area contributed by atoms with Crippen LogP contribution in [0.2, 0.25) is 0 Å². The molecule has 2 aromatic carbocycles. The van der Waals surface area contributed by atoms with Crippen molar-refractivity contribution < 1.29 is 38.1 Å². The van der Waals surface area contributed by atoms with Crippen molar-refractivity contribution in [2.75, 3.05) is 24.7 Å². The molecule has 2 heterocycles. The SMILES string of the molecule is CCCCOc1ccc(C2C(=C(O)c3ccc(F)cc3)C(=O)C(=O)N2c2nc(C)c(C(=O)OCC)s2)cc1OCC. The minimum Gasteiger partial charge on any atom is -0.507 e. The third kappa shape index (κ3) is 6.09. The van der Waals surface area contributed by atoms with Crippen LogP contribution in [-0.2, 0) is 14.3 Å². The maximum atomic E-state index is 13.6. The van der Waals surface area contributed by atoms with E-state index in [0.29, 0.717) is 36.0 Å². The molecule has 0 spiro atoms. The highest BCUT2D eigenvalue weighted by atomic mass is 32.1. The molecular weight excluding hydrogens is 551 g/mol. The van der Waals surface area contributed by atoms with E-state index in [4.69, 9.17) is 14.2 Å². The predicted molar refractivity (Wildman–Crippen MR) is 152 cm³/mol. The van der Waals surface area contributed by atoms with E-state index in [0.717, 1.165) is 41.2 Å². The summed E-state index contributed by atoms with van der Waals surface area (Å²) in [7, 11) is 0. The number of ketones is 1. The second-order valence-electron chi connectivity index (χ2n) is 9.15. The van der Waals surface area contributed by atoms with Crippen LogP contribution in [0.1, 0.15) is 66.1 Å². The first kappa shape index (κ1) is 29.7. The summed E-state index contributed by atoms with van der Waals surface area (Å²) in [5, 5.41) is 11.4. The van der Waals surface area contributed by atoms with Gasteiger partial charge in [0.15, 0.2) is 16.6 Å². The number of aryl methyl sites for hydroxylation is 1. The Hall–Kier alpha value is -4.25. The molecule has 1 fully saturated rings. The normalized spacial score (nSPS) is 16.2. The van der Waals surface area contributed by atoms with E-state index in [1.54, 1.807) is 32.0 Å². The molecule has 1 amide bonds. The van der Waals surface area contributed by atoms with Crippen molar-refractivity contribution in [2.24, 2.45) is 0 Å². The summed E-state index contributed by atoms with van der Waals surface area (Å²) >= 11 is 0.909. The van der Waals surface area contributed by atoms with Crippen LogP contribution in [0.25, 0.3) is 5.76 Å². The number of unbranched alkanes of at least 4 members (excludes halogenated alkanes) is 1. The average molecular weight is 583 g/mol. The monoisotopic (exact) mass is 582 g/mol. The minimum absolute atomic E-state index is 0.0806. The molecule has 9 nitrogen and oxygen atoms in total. The van der Waals surface area contributed by atoms with Crippen LogP contribution in [0.3, 0.4) is 0 Å². The van der Waals surface area contributed by atoms with Gasteiger partial charge in [0.1, 0.15) is 16.5 Å². The largest absolute Gasteiger partial charge is 0.507 e. The fourth-order valence-corrected chi connectivity index (χ4v) is 5.38. The minimum atomic E-state index is -1.13. The molecule has 216 valence electrons. The number of thiazole rings is 1. The van der Waals surface area contributed by atoms with Gasteiger partial charge in [-0.15, -0.1) is 0 Å². The van der Waals surface area contributed by atoms with E-state index < -0.39 is 35.3 Å². The van der Waals surface area contributed by atoms with Gasteiger partial charge in [-0.25, -0.2) is 14.2 Å². The smallest absolute Gasteiger partial charge is 0.350 e. The fraction of sp³-hybridized carbons (Fsp3) is 0.333. The number of amides is 1. The molecule has 3 aromatic rings. The number of hydrogen-bond donors (Lipinski definition) is 1. The molecule has 1 N–H and O–H groups in total. The lowest BCUT2D eigenvalue weighted by atomic mass is 9.95. The average Bonchev–Trinajstić information content (AvgIpc) is 3.46. The van der Waals surface area contributed by atoms with Crippen LogP contribution in [-0.4, -0.2) is 47.6 Å². The van der Waals surface area contributed by atoms with Crippen molar-refractivity contribution in [3.63, 3.8) is 0 Å². The van der Waals surface area contributed by atoms with Crippen molar-refractivity contribution in [3.05, 3.63) is 75.6 Å². The Balaban J connectivity index is 1.90. The molecule has 0 bridgehead atoms. The number of nitrogens with zero attached hydrogens (tertiary/aromatic N) is 2. The maximum absolute atomic E-state index is 13.6. The number of carbonyl (C=O) groups excluding carboxylic acids is 3. The van der Waals surface area contributed by atoms with Crippen LogP contribution in [0.4, 0.5) is 9.52 Å². The number of ether oxygens (including phenoxy) is 3. The van der Waals surface area contributed by atoms with Gasteiger partial charge < -0.3 is 19.3 Å². The summed E-state index contributed by atoms with van der Waals surface area (Å²) in [5.74, 6) is -2.60. The zero-order valence-corrected chi connectivity index (χ0v) is 24.0. The molecule has 0 aliphatic carbocycles. The molecule has 11 heteroatoms. The predicted octanol–water partition coefficient (Wildman–Crippen LogP) is 5.97. The number of benzene rings is 2. The van der Waals surface area contributed by atoms with E-state index in [2.05, 4.69) is 4.98 Å². The van der Waals surface area contributed by atoms with Crippen molar-refractivity contribution in [3.8, 4) is 11.5 Å².